The number of phenolic OH excluding ortho intramolecular Hbond substituents is 1. The number of hydrazine groups is 1. The van der Waals surface area contributed by atoms with Crippen LogP contribution in [0, 0.1) is 3.57 Å². The van der Waals surface area contributed by atoms with Crippen LogP contribution in [0.25, 0.3) is 0 Å². The fourth-order valence-corrected chi connectivity index (χ4v) is 2.14. The molecule has 0 aromatic heterocycles. The predicted octanol–water partition coefficient (Wildman–Crippen LogP) is 2.07. The maximum atomic E-state index is 11.9. The molecule has 0 aliphatic heterocycles. The van der Waals surface area contributed by atoms with Gasteiger partial charge in [-0.3, -0.25) is 20.4 Å². The Kier molecular flexibility index (Phi) is 4.57. The third kappa shape index (κ3) is 3.47. The lowest BCUT2D eigenvalue weighted by molar-refractivity contribution is 0.0846. The number of amides is 2. The van der Waals surface area contributed by atoms with Gasteiger partial charge in [-0.05, 0) is 59.0 Å². The number of phenols is 1. The largest absolute Gasteiger partial charge is 0.508 e. The zero-order valence-electron chi connectivity index (χ0n) is 10.3. The molecule has 102 valence electrons. The van der Waals surface area contributed by atoms with E-state index in [1.54, 1.807) is 18.2 Å². The minimum atomic E-state index is -0.454. The van der Waals surface area contributed by atoms with E-state index in [1.807, 2.05) is 28.7 Å². The van der Waals surface area contributed by atoms with Crippen molar-refractivity contribution in [1.82, 2.24) is 10.9 Å². The smallest absolute Gasteiger partial charge is 0.270 e. The molecule has 2 amide bonds. The van der Waals surface area contributed by atoms with Gasteiger partial charge >= 0.3 is 0 Å². The van der Waals surface area contributed by atoms with E-state index in [-0.39, 0.29) is 11.7 Å². The zero-order chi connectivity index (χ0) is 14.5. The fraction of sp³-hybridized carbons (Fsp3) is 0. The van der Waals surface area contributed by atoms with E-state index < -0.39 is 5.91 Å². The first-order valence-corrected chi connectivity index (χ1v) is 6.80. The van der Waals surface area contributed by atoms with Crippen LogP contribution in [0.4, 0.5) is 0 Å². The Morgan fingerprint density at radius 3 is 2.15 bits per heavy atom. The topological polar surface area (TPSA) is 78.4 Å². The SMILES string of the molecule is O=C(NNC(=O)c1ccccc1I)c1ccc(O)cc1. The van der Waals surface area contributed by atoms with Crippen LogP contribution in [0.5, 0.6) is 5.75 Å². The van der Waals surface area contributed by atoms with E-state index >= 15 is 0 Å². The van der Waals surface area contributed by atoms with E-state index in [0.29, 0.717) is 11.1 Å². The summed E-state index contributed by atoms with van der Waals surface area (Å²) in [4.78, 5) is 23.7. The van der Waals surface area contributed by atoms with E-state index in [4.69, 9.17) is 5.11 Å². The molecular weight excluding hydrogens is 371 g/mol. The Balaban J connectivity index is 1.99. The van der Waals surface area contributed by atoms with E-state index in [1.165, 1.54) is 24.3 Å². The first-order chi connectivity index (χ1) is 9.58. The monoisotopic (exact) mass is 382 g/mol. The molecule has 2 aromatic carbocycles. The molecule has 0 radical (unpaired) electrons. The Morgan fingerprint density at radius 2 is 1.50 bits per heavy atom. The lowest BCUT2D eigenvalue weighted by Crippen LogP contribution is -2.41. The van der Waals surface area contributed by atoms with Crippen LogP contribution in [0.2, 0.25) is 0 Å². The number of nitrogens with one attached hydrogen (secondary N) is 2. The van der Waals surface area contributed by atoms with Gasteiger partial charge in [0.2, 0.25) is 0 Å². The predicted molar refractivity (Wildman–Crippen MR) is 82.2 cm³/mol. The number of hydrogen-bond acceptors (Lipinski definition) is 3. The molecule has 0 saturated carbocycles. The number of rotatable bonds is 2. The quantitative estimate of drug-likeness (QED) is 0.550. The van der Waals surface area contributed by atoms with Gasteiger partial charge in [0.05, 0.1) is 5.56 Å². The zero-order valence-corrected chi connectivity index (χ0v) is 12.4. The van der Waals surface area contributed by atoms with E-state index in [9.17, 15) is 9.59 Å². The number of aromatic hydroxyl groups is 1. The van der Waals surface area contributed by atoms with Crippen LogP contribution >= 0.6 is 22.6 Å². The molecule has 0 bridgehead atoms. The Morgan fingerprint density at radius 1 is 0.900 bits per heavy atom. The third-order valence-corrected chi connectivity index (χ3v) is 3.48. The van der Waals surface area contributed by atoms with Gasteiger partial charge in [-0.1, -0.05) is 12.1 Å². The van der Waals surface area contributed by atoms with Crippen LogP contribution in [0.15, 0.2) is 48.5 Å². The van der Waals surface area contributed by atoms with Crippen LogP contribution in [-0.2, 0) is 0 Å². The maximum Gasteiger partial charge on any atom is 0.270 e. The van der Waals surface area contributed by atoms with E-state index in [2.05, 4.69) is 10.9 Å². The normalized spacial score (nSPS) is 9.85. The Bertz CT molecular complexity index is 641. The lowest BCUT2D eigenvalue weighted by atomic mass is 10.2. The molecule has 0 aliphatic rings. The molecule has 5 nitrogen and oxygen atoms in total. The molecule has 3 N–H and O–H groups in total. The summed E-state index contributed by atoms with van der Waals surface area (Å²) in [7, 11) is 0. The standard InChI is InChI=1S/C14H11IN2O3/c15-12-4-2-1-3-11(12)14(20)17-16-13(19)9-5-7-10(18)8-6-9/h1-8,18H,(H,16,19)(H,17,20). The van der Waals surface area contributed by atoms with Crippen molar-refractivity contribution in [3.63, 3.8) is 0 Å². The second kappa shape index (κ2) is 6.38. The van der Waals surface area contributed by atoms with Gasteiger partial charge in [-0.2, -0.15) is 0 Å². The van der Waals surface area contributed by atoms with Crippen molar-refractivity contribution in [1.29, 1.82) is 0 Å². The van der Waals surface area contributed by atoms with Gasteiger partial charge in [-0.25, -0.2) is 0 Å². The molecule has 2 aromatic rings. The van der Waals surface area contributed by atoms with Gasteiger partial charge in [0.25, 0.3) is 11.8 Å². The minimum Gasteiger partial charge on any atom is -0.508 e. The second-order valence-electron chi connectivity index (χ2n) is 3.93. The van der Waals surface area contributed by atoms with Crippen LogP contribution in [0.1, 0.15) is 20.7 Å². The van der Waals surface area contributed by atoms with Crippen molar-refractivity contribution in [2.75, 3.05) is 0 Å². The first kappa shape index (κ1) is 14.3. The highest BCUT2D eigenvalue weighted by Crippen LogP contribution is 2.11. The molecule has 0 saturated heterocycles. The Labute approximate surface area is 129 Å². The van der Waals surface area contributed by atoms with Crippen molar-refractivity contribution in [3.8, 4) is 5.75 Å². The van der Waals surface area contributed by atoms with Crippen molar-refractivity contribution in [2.45, 2.75) is 0 Å². The average molecular weight is 382 g/mol. The molecule has 0 fully saturated rings. The molecule has 0 atom stereocenters. The van der Waals surface area contributed by atoms with Crippen molar-refractivity contribution in [3.05, 3.63) is 63.2 Å². The molecule has 0 spiro atoms. The summed E-state index contributed by atoms with van der Waals surface area (Å²) in [6, 6.07) is 12.8. The number of hydrogen-bond donors (Lipinski definition) is 3. The summed E-state index contributed by atoms with van der Waals surface area (Å²) in [5.74, 6) is -0.768. The first-order valence-electron chi connectivity index (χ1n) is 5.72. The summed E-state index contributed by atoms with van der Waals surface area (Å²) >= 11 is 2.05. The molecule has 2 rings (SSSR count). The van der Waals surface area contributed by atoms with Crippen molar-refractivity contribution >= 4 is 34.4 Å². The van der Waals surface area contributed by atoms with Crippen molar-refractivity contribution < 1.29 is 14.7 Å². The number of benzene rings is 2. The highest BCUT2D eigenvalue weighted by Gasteiger charge is 2.11. The van der Waals surface area contributed by atoms with Gasteiger partial charge in [0, 0.05) is 9.13 Å². The van der Waals surface area contributed by atoms with Crippen LogP contribution in [0.3, 0.4) is 0 Å². The molecular formula is C14H11IN2O3. The molecule has 20 heavy (non-hydrogen) atoms. The summed E-state index contributed by atoms with van der Waals surface area (Å²) in [6.07, 6.45) is 0. The summed E-state index contributed by atoms with van der Waals surface area (Å²) < 4.78 is 0.793. The number of carbonyl (C=O) groups excluding carboxylic acids is 2. The van der Waals surface area contributed by atoms with E-state index in [0.717, 1.165) is 3.57 Å². The van der Waals surface area contributed by atoms with Gasteiger partial charge < -0.3 is 5.11 Å². The van der Waals surface area contributed by atoms with Crippen molar-refractivity contribution in [2.24, 2.45) is 0 Å². The lowest BCUT2D eigenvalue weighted by Gasteiger charge is -2.08. The van der Waals surface area contributed by atoms with Gasteiger partial charge in [0.1, 0.15) is 5.75 Å². The maximum absolute atomic E-state index is 11.9. The second-order valence-corrected chi connectivity index (χ2v) is 5.10. The molecule has 6 heteroatoms. The summed E-state index contributed by atoms with van der Waals surface area (Å²) in [5, 5.41) is 9.13. The Hall–Kier alpha value is -2.09. The van der Waals surface area contributed by atoms with Gasteiger partial charge in [0.15, 0.2) is 0 Å². The minimum absolute atomic E-state index is 0.0735. The fourth-order valence-electron chi connectivity index (χ4n) is 1.51. The molecule has 0 unspecified atom stereocenters. The van der Waals surface area contributed by atoms with Crippen LogP contribution < -0.4 is 10.9 Å². The van der Waals surface area contributed by atoms with Crippen LogP contribution in [-0.4, -0.2) is 16.9 Å². The highest BCUT2D eigenvalue weighted by atomic mass is 127. The number of halogens is 1. The number of carbonyl (C=O) groups is 2. The average Bonchev–Trinajstić information content (AvgIpc) is 2.45. The molecule has 0 aliphatic carbocycles. The third-order valence-electron chi connectivity index (χ3n) is 2.54. The molecule has 0 heterocycles. The highest BCUT2D eigenvalue weighted by molar-refractivity contribution is 14.1. The summed E-state index contributed by atoms with van der Waals surface area (Å²) in [5.41, 5.74) is 5.49. The van der Waals surface area contributed by atoms with Gasteiger partial charge in [-0.15, -0.1) is 0 Å². The summed E-state index contributed by atoms with van der Waals surface area (Å²) in [6.45, 7) is 0.